The standard InChI is InChI=1S/C21H18Cl2N6/c22-15-6-5-14(18(23)8-15)10-29-11-16(7-13-3-1-2-4-19(13)29)27-20-17-9-26-28-21(17)25-12-24-20/h1-6,8-9,12,16H,7,10-11H2,(H2,24,25,26,27,28). The molecule has 1 aliphatic heterocycles. The van der Waals surface area contributed by atoms with Crippen LogP contribution in [0.2, 0.25) is 10.0 Å². The first-order chi connectivity index (χ1) is 14.2. The predicted molar refractivity (Wildman–Crippen MR) is 117 cm³/mol. The van der Waals surface area contributed by atoms with Gasteiger partial charge in [0.05, 0.1) is 11.6 Å². The molecule has 8 heteroatoms. The first-order valence-electron chi connectivity index (χ1n) is 9.35. The zero-order valence-electron chi connectivity index (χ0n) is 15.4. The molecule has 1 aliphatic rings. The van der Waals surface area contributed by atoms with E-state index in [1.807, 2.05) is 12.1 Å². The second-order valence-corrected chi connectivity index (χ2v) is 7.99. The van der Waals surface area contributed by atoms with Crippen molar-refractivity contribution in [2.45, 2.75) is 19.0 Å². The van der Waals surface area contributed by atoms with E-state index >= 15 is 0 Å². The van der Waals surface area contributed by atoms with E-state index in [0.29, 0.717) is 16.6 Å². The van der Waals surface area contributed by atoms with Crippen molar-refractivity contribution in [3.63, 3.8) is 0 Å². The number of halogens is 2. The van der Waals surface area contributed by atoms with Crippen molar-refractivity contribution < 1.29 is 0 Å². The van der Waals surface area contributed by atoms with Gasteiger partial charge in [-0.15, -0.1) is 0 Å². The van der Waals surface area contributed by atoms with Crippen LogP contribution >= 0.6 is 23.2 Å². The van der Waals surface area contributed by atoms with Crippen LogP contribution in [0.25, 0.3) is 11.0 Å². The average Bonchev–Trinajstić information content (AvgIpc) is 3.20. The van der Waals surface area contributed by atoms with Gasteiger partial charge in [0.2, 0.25) is 0 Å². The van der Waals surface area contributed by atoms with E-state index in [0.717, 1.165) is 35.4 Å². The van der Waals surface area contributed by atoms with Crippen LogP contribution in [-0.4, -0.2) is 32.8 Å². The lowest BCUT2D eigenvalue weighted by Gasteiger charge is -2.37. The Morgan fingerprint density at radius 1 is 1.14 bits per heavy atom. The molecule has 3 heterocycles. The Morgan fingerprint density at radius 2 is 2.03 bits per heavy atom. The molecule has 2 N–H and O–H groups in total. The molecule has 0 spiro atoms. The highest BCUT2D eigenvalue weighted by Crippen LogP contribution is 2.32. The number of para-hydroxylation sites is 1. The molecule has 146 valence electrons. The highest BCUT2D eigenvalue weighted by atomic mass is 35.5. The van der Waals surface area contributed by atoms with E-state index in [-0.39, 0.29) is 6.04 Å². The highest BCUT2D eigenvalue weighted by molar-refractivity contribution is 6.35. The van der Waals surface area contributed by atoms with E-state index in [4.69, 9.17) is 23.2 Å². The summed E-state index contributed by atoms with van der Waals surface area (Å²) in [5, 5.41) is 12.8. The lowest BCUT2D eigenvalue weighted by molar-refractivity contribution is 0.628. The normalized spacial score (nSPS) is 16.1. The number of rotatable bonds is 4. The zero-order valence-corrected chi connectivity index (χ0v) is 17.0. The largest absolute Gasteiger partial charge is 0.365 e. The van der Waals surface area contributed by atoms with Crippen molar-refractivity contribution >= 4 is 45.7 Å². The summed E-state index contributed by atoms with van der Waals surface area (Å²) in [4.78, 5) is 11.0. The van der Waals surface area contributed by atoms with E-state index < -0.39 is 0 Å². The molecule has 5 rings (SSSR count). The third-order valence-electron chi connectivity index (χ3n) is 5.20. The van der Waals surface area contributed by atoms with Crippen LogP contribution in [-0.2, 0) is 13.0 Å². The van der Waals surface area contributed by atoms with E-state index in [9.17, 15) is 0 Å². The molecular weight excluding hydrogens is 407 g/mol. The third kappa shape index (κ3) is 3.61. The van der Waals surface area contributed by atoms with Crippen LogP contribution < -0.4 is 10.2 Å². The highest BCUT2D eigenvalue weighted by Gasteiger charge is 2.25. The second kappa shape index (κ2) is 7.54. The fourth-order valence-electron chi connectivity index (χ4n) is 3.86. The van der Waals surface area contributed by atoms with Crippen molar-refractivity contribution in [3.05, 3.63) is 76.2 Å². The molecule has 0 saturated heterocycles. The van der Waals surface area contributed by atoms with Gasteiger partial charge in [0.15, 0.2) is 5.65 Å². The minimum absolute atomic E-state index is 0.184. The van der Waals surface area contributed by atoms with Gasteiger partial charge in [0.1, 0.15) is 12.1 Å². The maximum absolute atomic E-state index is 6.44. The number of fused-ring (bicyclic) bond motifs is 2. The molecule has 0 aliphatic carbocycles. The summed E-state index contributed by atoms with van der Waals surface area (Å²) in [6.07, 6.45) is 4.20. The molecule has 0 saturated carbocycles. The molecule has 29 heavy (non-hydrogen) atoms. The Kier molecular flexibility index (Phi) is 4.73. The summed E-state index contributed by atoms with van der Waals surface area (Å²) in [7, 11) is 0. The number of nitrogens with zero attached hydrogens (tertiary/aromatic N) is 4. The Bertz CT molecular complexity index is 1170. The topological polar surface area (TPSA) is 69.7 Å². The van der Waals surface area contributed by atoms with Crippen LogP contribution in [0, 0.1) is 0 Å². The summed E-state index contributed by atoms with van der Waals surface area (Å²) in [5.41, 5.74) is 4.29. The quantitative estimate of drug-likeness (QED) is 0.496. The fraction of sp³-hybridized carbons (Fsp3) is 0.190. The molecule has 0 radical (unpaired) electrons. The Morgan fingerprint density at radius 3 is 2.93 bits per heavy atom. The van der Waals surface area contributed by atoms with Crippen molar-refractivity contribution in [2.24, 2.45) is 0 Å². The van der Waals surface area contributed by atoms with Crippen molar-refractivity contribution in [1.82, 2.24) is 20.2 Å². The lowest BCUT2D eigenvalue weighted by Crippen LogP contribution is -2.42. The van der Waals surface area contributed by atoms with Gasteiger partial charge in [-0.25, -0.2) is 9.97 Å². The summed E-state index contributed by atoms with van der Waals surface area (Å²) >= 11 is 12.5. The number of benzene rings is 2. The molecule has 0 amide bonds. The molecule has 1 atom stereocenters. The number of H-pyrrole nitrogens is 1. The maximum atomic E-state index is 6.44. The van der Waals surface area contributed by atoms with Crippen molar-refractivity contribution in [2.75, 3.05) is 16.8 Å². The van der Waals surface area contributed by atoms with Crippen molar-refractivity contribution in [1.29, 1.82) is 0 Å². The van der Waals surface area contributed by atoms with E-state index in [1.165, 1.54) is 11.3 Å². The molecule has 1 unspecified atom stereocenters. The Hall–Kier alpha value is -2.83. The monoisotopic (exact) mass is 424 g/mol. The predicted octanol–water partition coefficient (Wildman–Crippen LogP) is 4.70. The van der Waals surface area contributed by atoms with Crippen LogP contribution in [0.1, 0.15) is 11.1 Å². The van der Waals surface area contributed by atoms with Gasteiger partial charge in [-0.05, 0) is 35.7 Å². The zero-order chi connectivity index (χ0) is 19.8. The molecule has 6 nitrogen and oxygen atoms in total. The summed E-state index contributed by atoms with van der Waals surface area (Å²) < 4.78 is 0. The van der Waals surface area contributed by atoms with Gasteiger partial charge in [-0.3, -0.25) is 5.10 Å². The molecule has 0 bridgehead atoms. The minimum Gasteiger partial charge on any atom is -0.365 e. The van der Waals surface area contributed by atoms with Gasteiger partial charge in [0, 0.05) is 34.9 Å². The van der Waals surface area contributed by atoms with Gasteiger partial charge < -0.3 is 10.2 Å². The SMILES string of the molecule is Clc1ccc(CN2CC(Nc3ncnc4[nH]ncc34)Cc3ccccc32)c(Cl)c1. The molecule has 2 aromatic carbocycles. The molecule has 0 fully saturated rings. The van der Waals surface area contributed by atoms with Gasteiger partial charge in [-0.2, -0.15) is 5.10 Å². The smallest absolute Gasteiger partial charge is 0.160 e. The number of hydrogen-bond donors (Lipinski definition) is 2. The van der Waals surface area contributed by atoms with Crippen molar-refractivity contribution in [3.8, 4) is 0 Å². The van der Waals surface area contributed by atoms with Gasteiger partial charge in [0.25, 0.3) is 0 Å². The number of aromatic amines is 1. The maximum Gasteiger partial charge on any atom is 0.160 e. The summed E-state index contributed by atoms with van der Waals surface area (Å²) in [5.74, 6) is 0.789. The van der Waals surface area contributed by atoms with E-state index in [1.54, 1.807) is 18.6 Å². The first kappa shape index (κ1) is 18.2. The van der Waals surface area contributed by atoms with Crippen LogP contribution in [0.5, 0.6) is 0 Å². The number of hydrogen-bond acceptors (Lipinski definition) is 5. The first-order valence-corrected chi connectivity index (χ1v) is 10.1. The number of anilines is 2. The molecule has 4 aromatic rings. The Balaban J connectivity index is 1.44. The fourth-order valence-corrected chi connectivity index (χ4v) is 4.33. The number of aromatic nitrogens is 4. The van der Waals surface area contributed by atoms with E-state index in [2.05, 4.69) is 54.6 Å². The van der Waals surface area contributed by atoms with Crippen LogP contribution in [0.15, 0.2) is 55.0 Å². The minimum atomic E-state index is 0.184. The third-order valence-corrected chi connectivity index (χ3v) is 5.79. The van der Waals surface area contributed by atoms with Crippen LogP contribution in [0.4, 0.5) is 11.5 Å². The summed E-state index contributed by atoms with van der Waals surface area (Å²) in [6, 6.07) is 14.3. The van der Waals surface area contributed by atoms with Gasteiger partial charge >= 0.3 is 0 Å². The molecule has 2 aromatic heterocycles. The van der Waals surface area contributed by atoms with Crippen LogP contribution in [0.3, 0.4) is 0 Å². The average molecular weight is 425 g/mol. The number of nitrogens with one attached hydrogen (secondary N) is 2. The molecular formula is C21H18Cl2N6. The second-order valence-electron chi connectivity index (χ2n) is 7.14. The summed E-state index contributed by atoms with van der Waals surface area (Å²) in [6.45, 7) is 1.52. The Labute approximate surface area is 177 Å². The van der Waals surface area contributed by atoms with Gasteiger partial charge in [-0.1, -0.05) is 47.5 Å². The lowest BCUT2D eigenvalue weighted by atomic mass is 9.97.